The van der Waals surface area contributed by atoms with Crippen molar-refractivity contribution in [2.45, 2.75) is 0 Å². The van der Waals surface area contributed by atoms with E-state index in [4.69, 9.17) is 28.8 Å². The van der Waals surface area contributed by atoms with Gasteiger partial charge in [-0.15, -0.1) is 0 Å². The van der Waals surface area contributed by atoms with Crippen molar-refractivity contribution in [2.75, 3.05) is 0 Å². The van der Waals surface area contributed by atoms with Gasteiger partial charge in [0.05, 0.1) is 0 Å². The van der Waals surface area contributed by atoms with E-state index >= 15 is 0 Å². The molecule has 0 spiro atoms. The van der Waals surface area contributed by atoms with Crippen LogP contribution in [0, 0.1) is 0 Å². The van der Waals surface area contributed by atoms with E-state index < -0.39 is 0 Å². The molecular formula is C40H24N4O2. The van der Waals surface area contributed by atoms with Gasteiger partial charge in [0.15, 0.2) is 23.1 Å². The Labute approximate surface area is 263 Å². The minimum Gasteiger partial charge on any atom is -0.455 e. The average Bonchev–Trinajstić information content (AvgIpc) is 3.74. The van der Waals surface area contributed by atoms with Crippen LogP contribution >= 0.6 is 0 Å². The number of hydrogen-bond donors (Lipinski definition) is 0. The van der Waals surface area contributed by atoms with Crippen molar-refractivity contribution in [1.29, 1.82) is 0 Å². The number of para-hydroxylation sites is 1. The van der Waals surface area contributed by atoms with Gasteiger partial charge in [-0.2, -0.15) is 0 Å². The number of benzene rings is 6. The minimum atomic E-state index is 0.602. The van der Waals surface area contributed by atoms with E-state index in [1.165, 1.54) is 0 Å². The molecule has 0 aliphatic rings. The zero-order valence-electron chi connectivity index (χ0n) is 24.5. The molecule has 9 rings (SSSR count). The molecule has 216 valence electrons. The zero-order chi connectivity index (χ0) is 30.5. The van der Waals surface area contributed by atoms with Gasteiger partial charge in [0.1, 0.15) is 16.7 Å². The second-order valence-corrected chi connectivity index (χ2v) is 11.1. The Hall–Kier alpha value is -6.40. The zero-order valence-corrected chi connectivity index (χ0v) is 24.5. The van der Waals surface area contributed by atoms with Crippen LogP contribution in [0.2, 0.25) is 0 Å². The van der Waals surface area contributed by atoms with E-state index in [1.54, 1.807) is 0 Å². The third-order valence-corrected chi connectivity index (χ3v) is 8.17. The summed E-state index contributed by atoms with van der Waals surface area (Å²) in [5.41, 5.74) is 8.80. The first kappa shape index (κ1) is 26.0. The summed E-state index contributed by atoms with van der Waals surface area (Å²) in [5, 5.41) is 2.00. The summed E-state index contributed by atoms with van der Waals surface area (Å²) < 4.78 is 12.7. The molecule has 0 saturated heterocycles. The topological polar surface area (TPSA) is 77.8 Å². The van der Waals surface area contributed by atoms with Crippen molar-refractivity contribution in [3.63, 3.8) is 0 Å². The molecule has 0 N–H and O–H groups in total. The van der Waals surface area contributed by atoms with E-state index in [9.17, 15) is 0 Å². The molecule has 0 fully saturated rings. The van der Waals surface area contributed by atoms with Gasteiger partial charge in [-0.25, -0.2) is 19.9 Å². The lowest BCUT2D eigenvalue weighted by atomic mass is 10.0. The lowest BCUT2D eigenvalue weighted by Gasteiger charge is -2.08. The van der Waals surface area contributed by atoms with Gasteiger partial charge < -0.3 is 8.83 Å². The fourth-order valence-corrected chi connectivity index (χ4v) is 5.90. The Morgan fingerprint density at radius 1 is 0.370 bits per heavy atom. The summed E-state index contributed by atoms with van der Waals surface area (Å²) in [6.45, 7) is 0. The predicted molar refractivity (Wildman–Crippen MR) is 182 cm³/mol. The molecule has 0 aliphatic carbocycles. The summed E-state index contributed by atoms with van der Waals surface area (Å²) in [6, 6.07) is 48.4. The maximum Gasteiger partial charge on any atom is 0.227 e. The van der Waals surface area contributed by atoms with Gasteiger partial charge in [0, 0.05) is 38.6 Å². The summed E-state index contributed by atoms with van der Waals surface area (Å²) in [6.07, 6.45) is 0. The Morgan fingerprint density at radius 3 is 1.65 bits per heavy atom. The number of furan rings is 1. The van der Waals surface area contributed by atoms with Gasteiger partial charge >= 0.3 is 0 Å². The molecule has 9 aromatic rings. The smallest absolute Gasteiger partial charge is 0.227 e. The van der Waals surface area contributed by atoms with Crippen molar-refractivity contribution < 1.29 is 8.83 Å². The number of oxazole rings is 1. The highest BCUT2D eigenvalue weighted by atomic mass is 16.3. The van der Waals surface area contributed by atoms with Crippen LogP contribution in [-0.2, 0) is 0 Å². The third-order valence-electron chi connectivity index (χ3n) is 8.17. The molecule has 0 aliphatic heterocycles. The summed E-state index contributed by atoms with van der Waals surface area (Å²) in [7, 11) is 0. The third kappa shape index (κ3) is 4.52. The number of hydrogen-bond acceptors (Lipinski definition) is 6. The molecule has 0 atom stereocenters. The normalized spacial score (nSPS) is 11.5. The highest BCUT2D eigenvalue weighted by Gasteiger charge is 2.17. The molecule has 3 heterocycles. The van der Waals surface area contributed by atoms with Crippen LogP contribution in [0.4, 0.5) is 0 Å². The van der Waals surface area contributed by atoms with Crippen LogP contribution in [0.1, 0.15) is 0 Å². The second kappa shape index (κ2) is 10.6. The van der Waals surface area contributed by atoms with E-state index in [-0.39, 0.29) is 0 Å². The van der Waals surface area contributed by atoms with E-state index in [0.29, 0.717) is 23.4 Å². The van der Waals surface area contributed by atoms with Crippen LogP contribution < -0.4 is 0 Å². The first-order valence-corrected chi connectivity index (χ1v) is 15.1. The summed E-state index contributed by atoms with van der Waals surface area (Å²) in [5.74, 6) is 2.46. The molecule has 0 unspecified atom stereocenters. The quantitative estimate of drug-likeness (QED) is 0.198. The fourth-order valence-electron chi connectivity index (χ4n) is 5.90. The van der Waals surface area contributed by atoms with E-state index in [1.807, 2.05) is 115 Å². The molecule has 6 nitrogen and oxygen atoms in total. The Balaban J connectivity index is 1.16. The molecule has 6 heteroatoms. The minimum absolute atomic E-state index is 0.602. The van der Waals surface area contributed by atoms with Crippen molar-refractivity contribution in [2.24, 2.45) is 0 Å². The van der Waals surface area contributed by atoms with Crippen molar-refractivity contribution in [3.05, 3.63) is 146 Å². The monoisotopic (exact) mass is 592 g/mol. The van der Waals surface area contributed by atoms with E-state index in [0.717, 1.165) is 66.4 Å². The first-order valence-electron chi connectivity index (χ1n) is 15.1. The fraction of sp³-hybridized carbons (Fsp3) is 0. The summed E-state index contributed by atoms with van der Waals surface area (Å²) in [4.78, 5) is 19.4. The number of aromatic nitrogens is 4. The van der Waals surface area contributed by atoms with Gasteiger partial charge in [0.25, 0.3) is 0 Å². The molecule has 0 radical (unpaired) electrons. The van der Waals surface area contributed by atoms with Crippen LogP contribution in [0.5, 0.6) is 0 Å². The molecular weight excluding hydrogens is 568 g/mol. The van der Waals surface area contributed by atoms with Gasteiger partial charge in [-0.1, -0.05) is 103 Å². The van der Waals surface area contributed by atoms with Gasteiger partial charge in [-0.3, -0.25) is 0 Å². The van der Waals surface area contributed by atoms with Crippen molar-refractivity contribution >= 4 is 33.0 Å². The second-order valence-electron chi connectivity index (χ2n) is 11.1. The largest absolute Gasteiger partial charge is 0.455 e. The number of fused-ring (bicyclic) bond motifs is 4. The molecule has 3 aromatic heterocycles. The Morgan fingerprint density at radius 2 is 0.978 bits per heavy atom. The van der Waals surface area contributed by atoms with Crippen LogP contribution in [0.15, 0.2) is 154 Å². The molecule has 0 saturated carbocycles. The van der Waals surface area contributed by atoms with Gasteiger partial charge in [-0.05, 0) is 48.0 Å². The maximum atomic E-state index is 6.50. The molecule has 6 aromatic carbocycles. The molecule has 0 bridgehead atoms. The highest BCUT2D eigenvalue weighted by molar-refractivity contribution is 6.10. The lowest BCUT2D eigenvalue weighted by Crippen LogP contribution is -2.00. The lowest BCUT2D eigenvalue weighted by molar-refractivity contribution is 0.620. The van der Waals surface area contributed by atoms with E-state index in [2.05, 4.69) is 30.3 Å². The standard InChI is InChI=1S/C40H24N4O2/c1-4-11-25(12-5-1)37-42-38(26-13-6-2-7-14-26)44-39(43-37)29-20-22-34-32(23-29)31-18-10-17-30(36(31)45-34)28-19-21-33-35(24-28)46-40(41-33)27-15-8-3-9-16-27/h1-24H. The highest BCUT2D eigenvalue weighted by Crippen LogP contribution is 2.38. The van der Waals surface area contributed by atoms with Crippen LogP contribution in [0.3, 0.4) is 0 Å². The molecule has 0 amide bonds. The van der Waals surface area contributed by atoms with Crippen molar-refractivity contribution in [1.82, 2.24) is 19.9 Å². The summed E-state index contributed by atoms with van der Waals surface area (Å²) >= 11 is 0. The van der Waals surface area contributed by atoms with Gasteiger partial charge in [0.2, 0.25) is 5.89 Å². The number of nitrogens with zero attached hydrogens (tertiary/aromatic N) is 4. The first-order chi connectivity index (χ1) is 22.8. The average molecular weight is 593 g/mol. The van der Waals surface area contributed by atoms with Crippen LogP contribution in [0.25, 0.3) is 89.8 Å². The number of rotatable bonds is 5. The predicted octanol–water partition coefficient (Wildman–Crippen LogP) is 10.2. The SMILES string of the molecule is c1ccc(-c2nc(-c3ccccc3)nc(-c3ccc4oc5c(-c6ccc7nc(-c8ccccc8)oc7c6)cccc5c4c3)n2)cc1. The maximum absolute atomic E-state index is 6.50. The van der Waals surface area contributed by atoms with Crippen molar-refractivity contribution in [3.8, 4) is 56.7 Å². The molecule has 46 heavy (non-hydrogen) atoms. The van der Waals surface area contributed by atoms with Crippen LogP contribution in [-0.4, -0.2) is 19.9 Å². The Kier molecular flexibility index (Phi) is 6.03. The Bertz CT molecular complexity index is 2460.